The molecule has 1 N–H and O–H groups in total. The molecule has 0 aromatic heterocycles. The third-order valence-corrected chi connectivity index (χ3v) is 3.27. The van der Waals surface area contributed by atoms with Gasteiger partial charge in [-0.25, -0.2) is 4.99 Å². The molecule has 1 aliphatic carbocycles. The van der Waals surface area contributed by atoms with Gasteiger partial charge in [-0.2, -0.15) is 0 Å². The maximum absolute atomic E-state index is 5.66. The third kappa shape index (κ3) is 2.33. The van der Waals surface area contributed by atoms with Gasteiger partial charge in [0.2, 0.25) is 0 Å². The van der Waals surface area contributed by atoms with Crippen molar-refractivity contribution in [3.8, 4) is 0 Å². The maximum Gasteiger partial charge on any atom is 0.289 e. The highest BCUT2D eigenvalue weighted by molar-refractivity contribution is 5.89. The van der Waals surface area contributed by atoms with E-state index in [1.807, 2.05) is 30.3 Å². The second kappa shape index (κ2) is 4.62. The molecule has 0 bridgehead atoms. The number of aliphatic imine (C=N–C) groups is 1. The highest BCUT2D eigenvalue weighted by Gasteiger charge is 2.27. The number of hydrogen-bond donors (Lipinski definition) is 1. The Balaban J connectivity index is 1.72. The van der Waals surface area contributed by atoms with E-state index in [9.17, 15) is 0 Å². The second-order valence-electron chi connectivity index (χ2n) is 4.51. The van der Waals surface area contributed by atoms with Crippen molar-refractivity contribution >= 4 is 11.7 Å². The lowest BCUT2D eigenvalue weighted by Gasteiger charge is -2.30. The summed E-state index contributed by atoms with van der Waals surface area (Å²) in [6, 6.07) is 11.1. The van der Waals surface area contributed by atoms with Gasteiger partial charge in [0, 0.05) is 11.6 Å². The monoisotopic (exact) mass is 228 g/mol. The minimum atomic E-state index is 0.389. The van der Waals surface area contributed by atoms with Gasteiger partial charge in [0.05, 0.1) is 12.6 Å². The minimum absolute atomic E-state index is 0.389. The number of nitrogens with zero attached hydrogens (tertiary/aromatic N) is 1. The molecule has 3 heteroatoms. The van der Waals surface area contributed by atoms with Crippen molar-refractivity contribution in [3.63, 3.8) is 0 Å². The number of hydrogen-bond acceptors (Lipinski definition) is 3. The van der Waals surface area contributed by atoms with E-state index >= 15 is 0 Å². The Morgan fingerprint density at radius 2 is 1.94 bits per heavy atom. The molecule has 1 aromatic carbocycles. The summed E-state index contributed by atoms with van der Waals surface area (Å²) >= 11 is 0. The topological polar surface area (TPSA) is 33.6 Å². The highest BCUT2D eigenvalue weighted by Crippen LogP contribution is 2.26. The van der Waals surface area contributed by atoms with Gasteiger partial charge in [-0.15, -0.1) is 0 Å². The van der Waals surface area contributed by atoms with Gasteiger partial charge >= 0.3 is 0 Å². The molecule has 0 unspecified atom stereocenters. The van der Waals surface area contributed by atoms with Crippen molar-refractivity contribution < 1.29 is 4.74 Å². The molecule has 1 heterocycles. The van der Waals surface area contributed by atoms with Gasteiger partial charge in [0.15, 0.2) is 0 Å². The summed E-state index contributed by atoms with van der Waals surface area (Å²) in [5.41, 5.74) is 1.02. The van der Waals surface area contributed by atoms with Crippen molar-refractivity contribution in [2.45, 2.75) is 18.9 Å². The summed E-state index contributed by atoms with van der Waals surface area (Å²) in [7, 11) is 0. The van der Waals surface area contributed by atoms with Crippen LogP contribution in [0.5, 0.6) is 0 Å². The maximum atomic E-state index is 5.66. The summed E-state index contributed by atoms with van der Waals surface area (Å²) in [4.78, 5) is 4.63. The Hall–Kier alpha value is -1.77. The molecule has 0 saturated heterocycles. The summed E-state index contributed by atoms with van der Waals surface area (Å²) in [5.74, 6) is 0.557. The van der Waals surface area contributed by atoms with Crippen LogP contribution in [0.2, 0.25) is 0 Å². The lowest BCUT2D eigenvalue weighted by atomic mass is 9.90. The summed E-state index contributed by atoms with van der Waals surface area (Å²) < 4.78 is 5.66. The summed E-state index contributed by atoms with van der Waals surface area (Å²) in [5, 5.41) is 3.22. The van der Waals surface area contributed by atoms with Gasteiger partial charge < -0.3 is 10.1 Å². The molecule has 2 atom stereocenters. The predicted octanol–water partition coefficient (Wildman–Crippen LogP) is 2.82. The first-order valence-electron chi connectivity index (χ1n) is 6.09. The molecule has 2 aliphatic rings. The SMILES string of the molecule is C1=CC[C@@H]2N=C(Nc3ccccc3)OC[C@H]2C1. The minimum Gasteiger partial charge on any atom is -0.465 e. The zero-order valence-electron chi connectivity index (χ0n) is 9.67. The molecule has 0 amide bonds. The van der Waals surface area contributed by atoms with Crippen LogP contribution in [0, 0.1) is 5.92 Å². The normalized spacial score (nSPS) is 26.7. The van der Waals surface area contributed by atoms with E-state index in [4.69, 9.17) is 4.74 Å². The molecular formula is C14H16N2O. The lowest BCUT2D eigenvalue weighted by molar-refractivity contribution is 0.185. The Bertz CT molecular complexity index is 439. The van der Waals surface area contributed by atoms with Crippen LogP contribution in [0.15, 0.2) is 47.5 Å². The van der Waals surface area contributed by atoms with Crippen LogP contribution in [-0.4, -0.2) is 18.7 Å². The van der Waals surface area contributed by atoms with Crippen molar-refractivity contribution in [2.24, 2.45) is 10.9 Å². The van der Waals surface area contributed by atoms with E-state index in [-0.39, 0.29) is 0 Å². The predicted molar refractivity (Wildman–Crippen MR) is 69.1 cm³/mol. The molecule has 88 valence electrons. The van der Waals surface area contributed by atoms with E-state index in [0.717, 1.165) is 25.1 Å². The van der Waals surface area contributed by atoms with Crippen LogP contribution >= 0.6 is 0 Å². The van der Waals surface area contributed by atoms with Crippen LogP contribution in [-0.2, 0) is 4.74 Å². The molecule has 3 nitrogen and oxygen atoms in total. The molecule has 0 saturated carbocycles. The number of allylic oxidation sites excluding steroid dienone is 1. The Morgan fingerprint density at radius 3 is 2.82 bits per heavy atom. The third-order valence-electron chi connectivity index (χ3n) is 3.27. The van der Waals surface area contributed by atoms with Crippen LogP contribution in [0.4, 0.5) is 5.69 Å². The second-order valence-corrected chi connectivity index (χ2v) is 4.51. The van der Waals surface area contributed by atoms with Gasteiger partial charge in [0.25, 0.3) is 6.02 Å². The van der Waals surface area contributed by atoms with E-state index in [1.165, 1.54) is 0 Å². The molecule has 17 heavy (non-hydrogen) atoms. The Labute approximate surface area is 101 Å². The van der Waals surface area contributed by atoms with Crippen molar-refractivity contribution in [2.75, 3.05) is 11.9 Å². The average molecular weight is 228 g/mol. The zero-order chi connectivity index (χ0) is 11.5. The van der Waals surface area contributed by atoms with Crippen LogP contribution < -0.4 is 5.32 Å². The number of ether oxygens (including phenoxy) is 1. The number of amidine groups is 1. The zero-order valence-corrected chi connectivity index (χ0v) is 9.67. The molecular weight excluding hydrogens is 212 g/mol. The van der Waals surface area contributed by atoms with Crippen LogP contribution in [0.1, 0.15) is 12.8 Å². The number of nitrogens with one attached hydrogen (secondary N) is 1. The van der Waals surface area contributed by atoms with Gasteiger partial charge in [0.1, 0.15) is 0 Å². The summed E-state index contributed by atoms with van der Waals surface area (Å²) in [6.45, 7) is 0.772. The largest absolute Gasteiger partial charge is 0.465 e. The van der Waals surface area contributed by atoms with Crippen molar-refractivity contribution in [1.82, 2.24) is 0 Å². The number of para-hydroxylation sites is 1. The standard InChI is InChI=1S/C14H16N2O/c1-2-7-12(8-3-1)15-14-16-13-9-5-4-6-11(13)10-17-14/h1-5,7-8,11,13H,6,9-10H2,(H,15,16)/t11-,13+/m1/s1. The van der Waals surface area contributed by atoms with Gasteiger partial charge in [-0.1, -0.05) is 30.4 Å². The van der Waals surface area contributed by atoms with E-state index in [0.29, 0.717) is 18.0 Å². The fourth-order valence-electron chi connectivity index (χ4n) is 2.28. The smallest absolute Gasteiger partial charge is 0.289 e. The molecule has 0 radical (unpaired) electrons. The first-order chi connectivity index (χ1) is 8.42. The Morgan fingerprint density at radius 1 is 1.12 bits per heavy atom. The van der Waals surface area contributed by atoms with Crippen molar-refractivity contribution in [3.05, 3.63) is 42.5 Å². The van der Waals surface area contributed by atoms with E-state index < -0.39 is 0 Å². The summed E-state index contributed by atoms with van der Waals surface area (Å²) in [6.07, 6.45) is 6.58. The fourth-order valence-corrected chi connectivity index (χ4v) is 2.28. The first kappa shape index (κ1) is 10.4. The van der Waals surface area contributed by atoms with Gasteiger partial charge in [-0.05, 0) is 25.0 Å². The molecule has 1 aliphatic heterocycles. The van der Waals surface area contributed by atoms with Crippen LogP contribution in [0.25, 0.3) is 0 Å². The lowest BCUT2D eigenvalue weighted by Crippen LogP contribution is -2.35. The number of anilines is 1. The van der Waals surface area contributed by atoms with E-state index in [2.05, 4.69) is 22.5 Å². The van der Waals surface area contributed by atoms with Gasteiger partial charge in [-0.3, -0.25) is 0 Å². The molecule has 3 rings (SSSR count). The van der Waals surface area contributed by atoms with Crippen LogP contribution in [0.3, 0.4) is 0 Å². The Kier molecular flexibility index (Phi) is 2.82. The number of fused-ring (bicyclic) bond motifs is 1. The first-order valence-corrected chi connectivity index (χ1v) is 6.09. The molecule has 0 fully saturated rings. The van der Waals surface area contributed by atoms with E-state index in [1.54, 1.807) is 0 Å². The number of benzene rings is 1. The fraction of sp³-hybridized carbons (Fsp3) is 0.357. The number of rotatable bonds is 1. The molecule has 0 spiro atoms. The molecule has 1 aromatic rings. The quantitative estimate of drug-likeness (QED) is 0.750. The highest BCUT2D eigenvalue weighted by atomic mass is 16.5. The van der Waals surface area contributed by atoms with Crippen molar-refractivity contribution in [1.29, 1.82) is 0 Å². The average Bonchev–Trinajstić information content (AvgIpc) is 2.40.